The lowest BCUT2D eigenvalue weighted by Crippen LogP contribution is -2.69. The van der Waals surface area contributed by atoms with E-state index in [0.29, 0.717) is 20.6 Å². The number of non-ortho nitro benzene ring substituents is 1. The number of hydrogen-bond donors (Lipinski definition) is 1. The number of sulfonamides is 2. The summed E-state index contributed by atoms with van der Waals surface area (Å²) < 4.78 is 74.2. The van der Waals surface area contributed by atoms with E-state index >= 15 is 4.39 Å². The summed E-state index contributed by atoms with van der Waals surface area (Å²) in [6.07, 6.45) is 0.222. The van der Waals surface area contributed by atoms with Gasteiger partial charge in [0.25, 0.3) is 5.69 Å². The van der Waals surface area contributed by atoms with Crippen LogP contribution in [0.15, 0.2) is 87.1 Å². The van der Waals surface area contributed by atoms with Crippen LogP contribution in [0.25, 0.3) is 0 Å². The second kappa shape index (κ2) is 9.31. The predicted molar refractivity (Wildman–Crippen MR) is 153 cm³/mol. The highest BCUT2D eigenvalue weighted by atomic mass is 79.9. The second-order valence-corrected chi connectivity index (χ2v) is 15.3. The molecule has 3 aliphatic rings. The normalized spacial score (nSPS) is 24.4. The summed E-state index contributed by atoms with van der Waals surface area (Å²) in [6, 6.07) is 13.0. The SMILES string of the molecule is C=C1CN(S(=O)(=O)c2ccc([N+](=O)[O-])cc2)C[C@]23Nc4c(F)cc(Br)cc4[C@]12CCN3S(=O)(=O)c1ccc(Cl)cc1. The monoisotopic (exact) mass is 682 g/mol. The van der Waals surface area contributed by atoms with Crippen molar-refractivity contribution in [3.63, 3.8) is 0 Å². The minimum Gasteiger partial charge on any atom is -0.362 e. The molecule has 0 radical (unpaired) electrons. The molecule has 214 valence electrons. The van der Waals surface area contributed by atoms with Gasteiger partial charge in [-0.3, -0.25) is 10.1 Å². The Morgan fingerprint density at radius 1 is 1.02 bits per heavy atom. The maximum atomic E-state index is 15.4. The van der Waals surface area contributed by atoms with E-state index in [9.17, 15) is 26.9 Å². The molecule has 0 unspecified atom stereocenters. The molecule has 41 heavy (non-hydrogen) atoms. The zero-order valence-electron chi connectivity index (χ0n) is 21.1. The van der Waals surface area contributed by atoms with Crippen LogP contribution in [0, 0.1) is 15.9 Å². The van der Waals surface area contributed by atoms with Gasteiger partial charge >= 0.3 is 0 Å². The number of fused-ring (bicyclic) bond motifs is 1. The Hall–Kier alpha value is -2.88. The fourth-order valence-corrected chi connectivity index (χ4v) is 10.1. The van der Waals surface area contributed by atoms with E-state index < -0.39 is 41.9 Å². The van der Waals surface area contributed by atoms with Crippen molar-refractivity contribution in [2.24, 2.45) is 0 Å². The third-order valence-electron chi connectivity index (χ3n) is 8.13. The minimum absolute atomic E-state index is 0.00400. The van der Waals surface area contributed by atoms with Gasteiger partial charge in [0, 0.05) is 34.7 Å². The van der Waals surface area contributed by atoms with Gasteiger partial charge in [0.15, 0.2) is 0 Å². The predicted octanol–water partition coefficient (Wildman–Crippen LogP) is 4.86. The largest absolute Gasteiger partial charge is 0.362 e. The Morgan fingerprint density at radius 3 is 2.27 bits per heavy atom. The molecule has 3 heterocycles. The lowest BCUT2D eigenvalue weighted by atomic mass is 9.66. The van der Waals surface area contributed by atoms with Gasteiger partial charge < -0.3 is 5.32 Å². The van der Waals surface area contributed by atoms with Crippen LogP contribution in [-0.2, 0) is 25.5 Å². The number of hydrogen-bond acceptors (Lipinski definition) is 7. The maximum Gasteiger partial charge on any atom is 0.269 e. The minimum atomic E-state index is -4.30. The fourth-order valence-electron chi connectivity index (χ4n) is 6.34. The van der Waals surface area contributed by atoms with E-state index in [1.54, 1.807) is 6.07 Å². The first-order valence-electron chi connectivity index (χ1n) is 12.2. The molecule has 1 N–H and O–H groups in total. The highest BCUT2D eigenvalue weighted by Gasteiger charge is 2.71. The molecule has 0 aromatic heterocycles. The summed E-state index contributed by atoms with van der Waals surface area (Å²) >= 11 is 9.33. The molecule has 2 atom stereocenters. The Morgan fingerprint density at radius 2 is 1.63 bits per heavy atom. The van der Waals surface area contributed by atoms with E-state index in [0.717, 1.165) is 28.6 Å². The van der Waals surface area contributed by atoms with Crippen LogP contribution >= 0.6 is 27.5 Å². The Labute approximate surface area is 248 Å². The lowest BCUT2D eigenvalue weighted by Gasteiger charge is -2.52. The van der Waals surface area contributed by atoms with Gasteiger partial charge in [-0.1, -0.05) is 34.1 Å². The van der Waals surface area contributed by atoms with Crippen molar-refractivity contribution in [2.75, 3.05) is 25.0 Å². The smallest absolute Gasteiger partial charge is 0.269 e. The summed E-state index contributed by atoms with van der Waals surface area (Å²) in [7, 11) is -8.57. The number of nitrogens with one attached hydrogen (secondary N) is 1. The molecule has 0 aliphatic carbocycles. The molecule has 3 aromatic carbocycles. The first-order chi connectivity index (χ1) is 19.2. The van der Waals surface area contributed by atoms with Gasteiger partial charge in [-0.05, 0) is 66.1 Å². The molecule has 0 amide bonds. The van der Waals surface area contributed by atoms with Crippen LogP contribution < -0.4 is 5.32 Å². The van der Waals surface area contributed by atoms with E-state index in [4.69, 9.17) is 11.6 Å². The molecule has 15 heteroatoms. The van der Waals surface area contributed by atoms with E-state index in [2.05, 4.69) is 27.8 Å². The van der Waals surface area contributed by atoms with Crippen molar-refractivity contribution < 1.29 is 26.1 Å². The number of nitrogens with zero attached hydrogens (tertiary/aromatic N) is 3. The van der Waals surface area contributed by atoms with Crippen molar-refractivity contribution in [3.8, 4) is 0 Å². The topological polar surface area (TPSA) is 130 Å². The average Bonchev–Trinajstić information content (AvgIpc) is 3.41. The molecular weight excluding hydrogens is 663 g/mol. The first kappa shape index (κ1) is 28.2. The fraction of sp³-hybridized carbons (Fsp3) is 0.231. The summed E-state index contributed by atoms with van der Waals surface area (Å²) in [6.45, 7) is 3.66. The molecule has 0 spiro atoms. The lowest BCUT2D eigenvalue weighted by molar-refractivity contribution is -0.384. The number of rotatable bonds is 5. The Kier molecular flexibility index (Phi) is 6.42. The van der Waals surface area contributed by atoms with Crippen LogP contribution in [0.1, 0.15) is 12.0 Å². The Bertz CT molecular complexity index is 1860. The molecule has 0 saturated carbocycles. The van der Waals surface area contributed by atoms with Crippen LogP contribution in [0.5, 0.6) is 0 Å². The molecular formula is C26H21BrClFN4O6S2. The van der Waals surface area contributed by atoms with E-state index in [1.807, 2.05) is 0 Å². The Balaban J connectivity index is 1.53. The number of nitro groups is 1. The average molecular weight is 684 g/mol. The van der Waals surface area contributed by atoms with Crippen molar-refractivity contribution in [1.82, 2.24) is 8.61 Å². The van der Waals surface area contributed by atoms with Gasteiger partial charge in [-0.15, -0.1) is 0 Å². The molecule has 2 fully saturated rings. The number of piperidine rings is 1. The van der Waals surface area contributed by atoms with Gasteiger partial charge in [-0.2, -0.15) is 8.61 Å². The molecule has 3 aliphatic heterocycles. The van der Waals surface area contributed by atoms with Crippen molar-refractivity contribution in [1.29, 1.82) is 0 Å². The summed E-state index contributed by atoms with van der Waals surface area (Å²) in [5, 5.41) is 14.5. The summed E-state index contributed by atoms with van der Waals surface area (Å²) in [5.41, 5.74) is -2.18. The van der Waals surface area contributed by atoms with E-state index in [-0.39, 0.29) is 47.2 Å². The number of nitro benzene ring substituents is 1. The van der Waals surface area contributed by atoms with Gasteiger partial charge in [0.1, 0.15) is 11.5 Å². The van der Waals surface area contributed by atoms with Gasteiger partial charge in [0.2, 0.25) is 20.0 Å². The highest BCUT2D eigenvalue weighted by molar-refractivity contribution is 9.10. The van der Waals surface area contributed by atoms with Crippen LogP contribution in [0.3, 0.4) is 0 Å². The third kappa shape index (κ3) is 3.92. The van der Waals surface area contributed by atoms with Gasteiger partial charge in [-0.25, -0.2) is 21.2 Å². The van der Waals surface area contributed by atoms with Crippen LogP contribution in [0.2, 0.25) is 5.02 Å². The van der Waals surface area contributed by atoms with Crippen molar-refractivity contribution >= 4 is 59.0 Å². The van der Waals surface area contributed by atoms with Gasteiger partial charge in [0.05, 0.1) is 32.4 Å². The highest BCUT2D eigenvalue weighted by Crippen LogP contribution is 2.63. The quantitative estimate of drug-likeness (QED) is 0.231. The molecule has 0 bridgehead atoms. The zero-order valence-corrected chi connectivity index (χ0v) is 25.0. The second-order valence-electron chi connectivity index (χ2n) is 10.1. The molecule has 3 aromatic rings. The first-order valence-corrected chi connectivity index (χ1v) is 16.3. The number of benzene rings is 3. The summed E-state index contributed by atoms with van der Waals surface area (Å²) in [5.74, 6) is -0.633. The zero-order chi connectivity index (χ0) is 29.5. The van der Waals surface area contributed by atoms with Crippen LogP contribution in [-0.4, -0.2) is 55.7 Å². The standard InChI is InChI=1S/C26H21BrClFN4O6S2/c1-16-14-31(40(36,37)20-8-4-19(5-9-20)33(34)35)15-26-25(16,22-12-17(27)13-23(29)24(22)30-26)10-11-32(26)41(38,39)21-6-2-18(28)3-7-21/h2-9,12-13,30H,1,10-11,14-15H2/t25-,26+/m0/s1. The molecule has 10 nitrogen and oxygen atoms in total. The number of halogens is 3. The van der Waals surface area contributed by atoms with E-state index in [1.165, 1.54) is 34.6 Å². The molecule has 6 rings (SSSR count). The van der Waals surface area contributed by atoms with Crippen molar-refractivity contribution in [3.05, 3.63) is 104 Å². The maximum absolute atomic E-state index is 15.4. The summed E-state index contributed by atoms with van der Waals surface area (Å²) in [4.78, 5) is 10.2. The molecule has 2 saturated heterocycles. The van der Waals surface area contributed by atoms with Crippen LogP contribution in [0.4, 0.5) is 15.8 Å². The number of anilines is 1. The van der Waals surface area contributed by atoms with Crippen molar-refractivity contribution in [2.45, 2.75) is 27.3 Å². The third-order valence-corrected chi connectivity index (χ3v) is 12.6.